The summed E-state index contributed by atoms with van der Waals surface area (Å²) in [5.74, 6) is 0.0585. The van der Waals surface area contributed by atoms with E-state index in [2.05, 4.69) is 43.3 Å². The van der Waals surface area contributed by atoms with Crippen molar-refractivity contribution in [1.82, 2.24) is 9.88 Å². The minimum absolute atomic E-state index is 0.0585. The topological polar surface area (TPSA) is 33.2 Å². The van der Waals surface area contributed by atoms with Crippen molar-refractivity contribution < 1.29 is 4.79 Å². The number of carbonyl (C=O) groups excluding carboxylic acids is 1. The van der Waals surface area contributed by atoms with Crippen molar-refractivity contribution in [2.75, 3.05) is 6.26 Å². The van der Waals surface area contributed by atoms with Crippen LogP contribution in [0, 0.1) is 13.8 Å². The van der Waals surface area contributed by atoms with Crippen LogP contribution in [0.4, 0.5) is 0 Å². The molecule has 122 valence electrons. The number of pyridine rings is 1. The fraction of sp³-hybridized carbons (Fsp3) is 0.368. The lowest BCUT2D eigenvalue weighted by Gasteiger charge is -2.27. The molecule has 0 atom stereocenters. The average Bonchev–Trinajstić information content (AvgIpc) is 2.51. The first-order chi connectivity index (χ1) is 10.9. The number of rotatable bonds is 5. The van der Waals surface area contributed by atoms with Crippen LogP contribution in [-0.2, 0) is 6.54 Å². The molecular formula is C19H24N2OS. The van der Waals surface area contributed by atoms with Crippen molar-refractivity contribution in [3.8, 4) is 0 Å². The molecule has 0 aliphatic carbocycles. The van der Waals surface area contributed by atoms with Gasteiger partial charge >= 0.3 is 0 Å². The molecule has 23 heavy (non-hydrogen) atoms. The van der Waals surface area contributed by atoms with Crippen LogP contribution >= 0.6 is 11.8 Å². The molecule has 1 aromatic heterocycles. The normalized spacial score (nSPS) is 10.9. The Morgan fingerprint density at radius 1 is 1.17 bits per heavy atom. The number of hydrogen-bond acceptors (Lipinski definition) is 3. The number of aromatic nitrogens is 1. The van der Waals surface area contributed by atoms with E-state index in [9.17, 15) is 4.79 Å². The first-order valence-corrected chi connectivity index (χ1v) is 9.02. The molecule has 0 unspecified atom stereocenters. The van der Waals surface area contributed by atoms with E-state index in [4.69, 9.17) is 0 Å². The molecule has 3 nitrogen and oxygen atoms in total. The molecule has 0 spiro atoms. The van der Waals surface area contributed by atoms with Crippen LogP contribution in [0.2, 0.25) is 0 Å². The van der Waals surface area contributed by atoms with Crippen molar-refractivity contribution >= 4 is 17.7 Å². The maximum atomic E-state index is 12.9. The van der Waals surface area contributed by atoms with Crippen LogP contribution in [-0.4, -0.2) is 28.1 Å². The van der Waals surface area contributed by atoms with Crippen LogP contribution in [0.5, 0.6) is 0 Å². The second-order valence-corrected chi connectivity index (χ2v) is 6.90. The Balaban J connectivity index is 2.28. The van der Waals surface area contributed by atoms with Crippen molar-refractivity contribution in [3.05, 3.63) is 58.9 Å². The molecule has 1 aromatic carbocycles. The molecule has 0 aliphatic heterocycles. The second kappa shape index (κ2) is 7.64. The van der Waals surface area contributed by atoms with Gasteiger partial charge in [-0.3, -0.25) is 9.78 Å². The molecule has 2 aromatic rings. The molecule has 1 heterocycles. The summed E-state index contributed by atoms with van der Waals surface area (Å²) in [6.07, 6.45) is 2.06. The van der Waals surface area contributed by atoms with Crippen LogP contribution in [0.25, 0.3) is 0 Å². The molecule has 0 saturated heterocycles. The third-order valence-corrected chi connectivity index (χ3v) is 4.43. The number of benzene rings is 1. The molecule has 0 fully saturated rings. The predicted molar refractivity (Wildman–Crippen MR) is 96.9 cm³/mol. The van der Waals surface area contributed by atoms with Gasteiger partial charge in [-0.1, -0.05) is 12.1 Å². The number of carbonyl (C=O) groups is 1. The monoisotopic (exact) mass is 328 g/mol. The molecule has 0 saturated carbocycles. The van der Waals surface area contributed by atoms with Crippen LogP contribution in [0.1, 0.15) is 41.2 Å². The van der Waals surface area contributed by atoms with Gasteiger partial charge in [-0.15, -0.1) is 11.8 Å². The summed E-state index contributed by atoms with van der Waals surface area (Å²) in [5.41, 5.74) is 3.62. The SMILES string of the molecule is CSc1cccc(CN(C(=O)c2cc(C)nc(C)c2)C(C)C)c1. The minimum atomic E-state index is 0.0585. The third-order valence-electron chi connectivity index (χ3n) is 3.70. The van der Waals surface area contributed by atoms with E-state index >= 15 is 0 Å². The molecule has 0 N–H and O–H groups in total. The smallest absolute Gasteiger partial charge is 0.254 e. The standard InChI is InChI=1S/C19H24N2OS/c1-13(2)21(12-16-7-6-8-18(11-16)23-5)19(22)17-9-14(3)20-15(4)10-17/h6-11,13H,12H2,1-5H3. The van der Waals surface area contributed by atoms with Gasteiger partial charge in [0.05, 0.1) is 0 Å². The van der Waals surface area contributed by atoms with Gasteiger partial charge in [-0.2, -0.15) is 0 Å². The summed E-state index contributed by atoms with van der Waals surface area (Å²) in [5, 5.41) is 0. The molecule has 4 heteroatoms. The average molecular weight is 328 g/mol. The largest absolute Gasteiger partial charge is 0.332 e. The zero-order chi connectivity index (χ0) is 17.0. The van der Waals surface area contributed by atoms with E-state index in [1.165, 1.54) is 4.90 Å². The number of thioether (sulfide) groups is 1. The van der Waals surface area contributed by atoms with Gasteiger partial charge in [0, 0.05) is 34.4 Å². The number of hydrogen-bond donors (Lipinski definition) is 0. The molecule has 0 aliphatic rings. The first kappa shape index (κ1) is 17.5. The van der Waals surface area contributed by atoms with Gasteiger partial charge in [0.15, 0.2) is 0 Å². The molecule has 1 amide bonds. The van der Waals surface area contributed by atoms with Crippen molar-refractivity contribution in [1.29, 1.82) is 0 Å². The zero-order valence-corrected chi connectivity index (χ0v) is 15.3. The summed E-state index contributed by atoms with van der Waals surface area (Å²) in [7, 11) is 0. The highest BCUT2D eigenvalue weighted by Gasteiger charge is 2.20. The zero-order valence-electron chi connectivity index (χ0n) is 14.5. The van der Waals surface area contributed by atoms with Gasteiger partial charge in [0.2, 0.25) is 0 Å². The second-order valence-electron chi connectivity index (χ2n) is 6.02. The van der Waals surface area contributed by atoms with Crippen molar-refractivity contribution in [2.24, 2.45) is 0 Å². The number of amides is 1. The quantitative estimate of drug-likeness (QED) is 0.759. The van der Waals surface area contributed by atoms with Crippen LogP contribution in [0.3, 0.4) is 0 Å². The number of aryl methyl sites for hydroxylation is 2. The van der Waals surface area contributed by atoms with Gasteiger partial charge in [0.25, 0.3) is 5.91 Å². The Kier molecular flexibility index (Phi) is 5.83. The first-order valence-electron chi connectivity index (χ1n) is 7.80. The van der Waals surface area contributed by atoms with E-state index in [1.54, 1.807) is 11.8 Å². The Morgan fingerprint density at radius 3 is 2.39 bits per heavy atom. The lowest BCUT2D eigenvalue weighted by molar-refractivity contribution is 0.0690. The predicted octanol–water partition coefficient (Wildman–Crippen LogP) is 4.47. The molecular weight excluding hydrogens is 304 g/mol. The van der Waals surface area contributed by atoms with Crippen LogP contribution in [0.15, 0.2) is 41.3 Å². The summed E-state index contributed by atoms with van der Waals surface area (Å²) in [6, 6.07) is 12.2. The number of nitrogens with zero attached hydrogens (tertiary/aromatic N) is 2. The Hall–Kier alpha value is -1.81. The highest BCUT2D eigenvalue weighted by molar-refractivity contribution is 7.98. The molecule has 0 radical (unpaired) electrons. The Bertz CT molecular complexity index is 677. The van der Waals surface area contributed by atoms with Gasteiger partial charge in [0.1, 0.15) is 0 Å². The van der Waals surface area contributed by atoms with Crippen LogP contribution < -0.4 is 0 Å². The fourth-order valence-electron chi connectivity index (χ4n) is 2.58. The minimum Gasteiger partial charge on any atom is -0.332 e. The van der Waals surface area contributed by atoms with Gasteiger partial charge in [-0.25, -0.2) is 0 Å². The third kappa shape index (κ3) is 4.58. The molecule has 2 rings (SSSR count). The summed E-state index contributed by atoms with van der Waals surface area (Å²) >= 11 is 1.72. The summed E-state index contributed by atoms with van der Waals surface area (Å²) in [6.45, 7) is 8.57. The highest BCUT2D eigenvalue weighted by atomic mass is 32.2. The molecule has 0 bridgehead atoms. The highest BCUT2D eigenvalue weighted by Crippen LogP contribution is 2.19. The van der Waals surface area contributed by atoms with Crippen molar-refractivity contribution in [2.45, 2.75) is 45.2 Å². The van der Waals surface area contributed by atoms with E-state index in [0.29, 0.717) is 12.1 Å². The van der Waals surface area contributed by atoms with Crippen molar-refractivity contribution in [3.63, 3.8) is 0 Å². The Morgan fingerprint density at radius 2 is 1.83 bits per heavy atom. The summed E-state index contributed by atoms with van der Waals surface area (Å²) in [4.78, 5) is 20.4. The fourth-order valence-corrected chi connectivity index (χ4v) is 3.06. The lowest BCUT2D eigenvalue weighted by atomic mass is 10.1. The van der Waals surface area contributed by atoms with Gasteiger partial charge in [-0.05, 0) is 63.8 Å². The maximum Gasteiger partial charge on any atom is 0.254 e. The van der Waals surface area contributed by atoms with E-state index < -0.39 is 0 Å². The maximum absolute atomic E-state index is 12.9. The van der Waals surface area contributed by atoms with E-state index in [-0.39, 0.29) is 11.9 Å². The lowest BCUT2D eigenvalue weighted by Crippen LogP contribution is -2.36. The van der Waals surface area contributed by atoms with Gasteiger partial charge < -0.3 is 4.90 Å². The van der Waals surface area contributed by atoms with E-state index in [0.717, 1.165) is 17.0 Å². The Labute approximate surface area is 143 Å². The van der Waals surface area contributed by atoms with E-state index in [1.807, 2.05) is 36.9 Å². The summed E-state index contributed by atoms with van der Waals surface area (Å²) < 4.78 is 0.